The predicted molar refractivity (Wildman–Crippen MR) is 53.6 cm³/mol. The van der Waals surface area contributed by atoms with Crippen LogP contribution in [0.5, 0.6) is 0 Å². The van der Waals surface area contributed by atoms with Gasteiger partial charge in [0.25, 0.3) is 0 Å². The Kier molecular flexibility index (Phi) is 2.04. The van der Waals surface area contributed by atoms with Gasteiger partial charge in [0.05, 0.1) is 5.97 Å². The van der Waals surface area contributed by atoms with E-state index in [1.54, 1.807) is 13.0 Å². The molecule has 0 unspecified atom stereocenters. The molecule has 4 heteroatoms. The molecule has 2 aromatic rings. The van der Waals surface area contributed by atoms with Crippen molar-refractivity contribution in [3.63, 3.8) is 0 Å². The number of rotatable bonds is 1. The van der Waals surface area contributed by atoms with Crippen LogP contribution in [0.4, 0.5) is 0 Å². The van der Waals surface area contributed by atoms with E-state index in [9.17, 15) is 14.7 Å². The number of benzene rings is 1. The number of carbonyl (C=O) groups excluding carboxylic acids is 1. The lowest BCUT2D eigenvalue weighted by molar-refractivity contribution is -0.255. The fourth-order valence-corrected chi connectivity index (χ4v) is 1.51. The quantitative estimate of drug-likeness (QED) is 0.717. The summed E-state index contributed by atoms with van der Waals surface area (Å²) in [5, 5.41) is 11.0. The highest BCUT2D eigenvalue weighted by atomic mass is 16.4. The third kappa shape index (κ3) is 1.61. The average Bonchev–Trinajstić information content (AvgIpc) is 2.16. The number of H-pyrrole nitrogens is 1. The first-order chi connectivity index (χ1) is 7.08. The smallest absolute Gasteiger partial charge is 0.189 e. The number of nitrogens with one attached hydrogen (secondary N) is 1. The van der Waals surface area contributed by atoms with E-state index in [0.717, 1.165) is 5.69 Å². The maximum absolute atomic E-state index is 11.5. The molecule has 1 heterocycles. The number of aromatic carboxylic acids is 1. The molecule has 4 nitrogen and oxygen atoms in total. The van der Waals surface area contributed by atoms with Crippen molar-refractivity contribution >= 4 is 16.9 Å². The first kappa shape index (κ1) is 9.45. The second-order valence-corrected chi connectivity index (χ2v) is 3.36. The van der Waals surface area contributed by atoms with E-state index < -0.39 is 5.97 Å². The van der Waals surface area contributed by atoms with Crippen LogP contribution in [-0.4, -0.2) is 11.0 Å². The van der Waals surface area contributed by atoms with Gasteiger partial charge in [0, 0.05) is 22.7 Å². The predicted octanol–water partition coefficient (Wildman–Crippen LogP) is 0.200. The summed E-state index contributed by atoms with van der Waals surface area (Å²) in [6.07, 6.45) is 0. The van der Waals surface area contributed by atoms with E-state index >= 15 is 0 Å². The van der Waals surface area contributed by atoms with Crippen molar-refractivity contribution < 1.29 is 9.90 Å². The molecule has 0 bridgehead atoms. The van der Waals surface area contributed by atoms with Crippen LogP contribution >= 0.6 is 0 Å². The Bertz CT molecular complexity index is 598. The summed E-state index contributed by atoms with van der Waals surface area (Å²) in [5.74, 6) is -1.28. The highest BCUT2D eigenvalue weighted by Crippen LogP contribution is 2.10. The Labute approximate surface area is 85.2 Å². The monoisotopic (exact) mass is 202 g/mol. The number of pyridine rings is 1. The molecule has 0 fully saturated rings. The van der Waals surface area contributed by atoms with E-state index in [-0.39, 0.29) is 11.0 Å². The SMILES string of the molecule is Cc1cc(=O)c2cc(C(=O)[O-])ccc2[nH]1. The zero-order valence-corrected chi connectivity index (χ0v) is 8.03. The molecule has 1 N–H and O–H groups in total. The van der Waals surface area contributed by atoms with Gasteiger partial charge in [0.1, 0.15) is 0 Å². The van der Waals surface area contributed by atoms with Gasteiger partial charge in [-0.2, -0.15) is 0 Å². The van der Waals surface area contributed by atoms with Gasteiger partial charge in [0.2, 0.25) is 0 Å². The average molecular weight is 202 g/mol. The fourth-order valence-electron chi connectivity index (χ4n) is 1.51. The molecule has 0 saturated carbocycles. The molecule has 0 aliphatic heterocycles. The number of carboxylic acids is 1. The van der Waals surface area contributed by atoms with Crippen molar-refractivity contribution in [2.24, 2.45) is 0 Å². The summed E-state index contributed by atoms with van der Waals surface area (Å²) in [5.41, 5.74) is 1.19. The first-order valence-corrected chi connectivity index (χ1v) is 4.43. The molecule has 2 rings (SSSR count). The minimum Gasteiger partial charge on any atom is -0.545 e. The molecule has 1 aromatic heterocycles. The van der Waals surface area contributed by atoms with Crippen LogP contribution in [0.3, 0.4) is 0 Å². The lowest BCUT2D eigenvalue weighted by Crippen LogP contribution is -2.22. The van der Waals surface area contributed by atoms with Crippen LogP contribution in [0.15, 0.2) is 29.1 Å². The van der Waals surface area contributed by atoms with E-state index in [1.807, 2.05) is 0 Å². The van der Waals surface area contributed by atoms with Gasteiger partial charge in [-0.3, -0.25) is 4.79 Å². The van der Waals surface area contributed by atoms with Crippen molar-refractivity contribution in [2.45, 2.75) is 6.92 Å². The van der Waals surface area contributed by atoms with E-state index in [0.29, 0.717) is 10.9 Å². The van der Waals surface area contributed by atoms with E-state index in [2.05, 4.69) is 4.98 Å². The number of fused-ring (bicyclic) bond motifs is 1. The van der Waals surface area contributed by atoms with Crippen molar-refractivity contribution in [2.75, 3.05) is 0 Å². The standard InChI is InChI=1S/C11H9NO3/c1-6-4-10(13)8-5-7(11(14)15)2-3-9(8)12-6/h2-5H,1H3,(H,12,13)(H,14,15)/p-1. The lowest BCUT2D eigenvalue weighted by atomic mass is 10.1. The Morgan fingerprint density at radius 1 is 1.33 bits per heavy atom. The van der Waals surface area contributed by atoms with Crippen molar-refractivity contribution in [1.82, 2.24) is 4.98 Å². The number of carboxylic acid groups (broad SMARTS) is 1. The second-order valence-electron chi connectivity index (χ2n) is 3.36. The number of aromatic amines is 1. The molecule has 0 saturated heterocycles. The first-order valence-electron chi connectivity index (χ1n) is 4.43. The number of hydrogen-bond donors (Lipinski definition) is 1. The normalized spacial score (nSPS) is 10.5. The van der Waals surface area contributed by atoms with Crippen LogP contribution in [0, 0.1) is 6.92 Å². The molecule has 0 aliphatic carbocycles. The Balaban J connectivity index is 2.83. The van der Waals surface area contributed by atoms with E-state index in [1.165, 1.54) is 18.2 Å². The van der Waals surface area contributed by atoms with Crippen molar-refractivity contribution in [3.05, 3.63) is 45.7 Å². The van der Waals surface area contributed by atoms with E-state index in [4.69, 9.17) is 0 Å². The highest BCUT2D eigenvalue weighted by molar-refractivity contribution is 5.92. The molecule has 0 spiro atoms. The van der Waals surface area contributed by atoms with Crippen LogP contribution < -0.4 is 10.5 Å². The number of aromatic nitrogens is 1. The third-order valence-corrected chi connectivity index (χ3v) is 2.20. The molecule has 0 amide bonds. The minimum absolute atomic E-state index is 0.0110. The number of hydrogen-bond acceptors (Lipinski definition) is 3. The molecular weight excluding hydrogens is 194 g/mol. The Morgan fingerprint density at radius 2 is 2.07 bits per heavy atom. The molecule has 0 aliphatic rings. The van der Waals surface area contributed by atoms with Gasteiger partial charge < -0.3 is 14.9 Å². The molecule has 15 heavy (non-hydrogen) atoms. The molecule has 0 radical (unpaired) electrons. The van der Waals surface area contributed by atoms with Gasteiger partial charge in [-0.05, 0) is 24.6 Å². The summed E-state index contributed by atoms with van der Waals surface area (Å²) in [6.45, 7) is 1.77. The number of aryl methyl sites for hydroxylation is 1. The summed E-state index contributed by atoms with van der Waals surface area (Å²) >= 11 is 0. The highest BCUT2D eigenvalue weighted by Gasteiger charge is 2.01. The summed E-state index contributed by atoms with van der Waals surface area (Å²) in [6, 6.07) is 5.73. The Hall–Kier alpha value is -2.10. The minimum atomic E-state index is -1.28. The van der Waals surface area contributed by atoms with Crippen LogP contribution in [0.1, 0.15) is 16.1 Å². The van der Waals surface area contributed by atoms with Crippen LogP contribution in [0.2, 0.25) is 0 Å². The largest absolute Gasteiger partial charge is 0.545 e. The summed E-state index contributed by atoms with van der Waals surface area (Å²) in [4.78, 5) is 25.1. The maximum Gasteiger partial charge on any atom is 0.189 e. The molecule has 76 valence electrons. The third-order valence-electron chi connectivity index (χ3n) is 2.20. The number of carbonyl (C=O) groups is 1. The van der Waals surface area contributed by atoms with Crippen LogP contribution in [-0.2, 0) is 0 Å². The summed E-state index contributed by atoms with van der Waals surface area (Å²) < 4.78 is 0. The maximum atomic E-state index is 11.5. The van der Waals surface area contributed by atoms with Gasteiger partial charge in [-0.15, -0.1) is 0 Å². The fraction of sp³-hybridized carbons (Fsp3) is 0.0909. The topological polar surface area (TPSA) is 73.0 Å². The second kappa shape index (κ2) is 3.24. The zero-order valence-electron chi connectivity index (χ0n) is 8.03. The van der Waals surface area contributed by atoms with Crippen molar-refractivity contribution in [1.29, 1.82) is 0 Å². The molecular formula is C11H8NO3-. The van der Waals surface area contributed by atoms with Crippen molar-refractivity contribution in [3.8, 4) is 0 Å². The van der Waals surface area contributed by atoms with Crippen LogP contribution in [0.25, 0.3) is 10.9 Å². The van der Waals surface area contributed by atoms with Gasteiger partial charge in [0.15, 0.2) is 5.43 Å². The summed E-state index contributed by atoms with van der Waals surface area (Å²) in [7, 11) is 0. The van der Waals surface area contributed by atoms with Gasteiger partial charge >= 0.3 is 0 Å². The Morgan fingerprint density at radius 3 is 2.73 bits per heavy atom. The zero-order chi connectivity index (χ0) is 11.0. The lowest BCUT2D eigenvalue weighted by Gasteiger charge is -2.04. The van der Waals surface area contributed by atoms with Gasteiger partial charge in [-0.25, -0.2) is 0 Å². The molecule has 1 aromatic carbocycles. The van der Waals surface area contributed by atoms with Gasteiger partial charge in [-0.1, -0.05) is 6.07 Å². The molecule has 0 atom stereocenters.